The van der Waals surface area contributed by atoms with Crippen molar-refractivity contribution < 1.29 is 14.3 Å². The Balaban J connectivity index is 1.70. The van der Waals surface area contributed by atoms with Crippen LogP contribution in [0.2, 0.25) is 0 Å². The summed E-state index contributed by atoms with van der Waals surface area (Å²) in [4.78, 5) is 5.38. The second kappa shape index (κ2) is 11.2. The van der Waals surface area contributed by atoms with Crippen molar-refractivity contribution >= 4 is 22.1 Å². The number of ether oxygens (including phenoxy) is 2. The van der Waals surface area contributed by atoms with Gasteiger partial charge < -0.3 is 14.3 Å². The zero-order chi connectivity index (χ0) is 22.1. The monoisotopic (exact) mass is 478 g/mol. The van der Waals surface area contributed by atoms with Gasteiger partial charge in [-0.3, -0.25) is 0 Å². The Morgan fingerprint density at radius 3 is 2.65 bits per heavy atom. The number of oxime groups is 1. The number of nitriles is 1. The highest BCUT2D eigenvalue weighted by Crippen LogP contribution is 2.37. The number of aryl methyl sites for hydroxylation is 1. The van der Waals surface area contributed by atoms with Crippen LogP contribution in [0.3, 0.4) is 0 Å². The van der Waals surface area contributed by atoms with Gasteiger partial charge in [-0.1, -0.05) is 53.2 Å². The van der Waals surface area contributed by atoms with E-state index < -0.39 is 0 Å². The van der Waals surface area contributed by atoms with Crippen LogP contribution >= 0.6 is 15.9 Å². The number of rotatable bonds is 9. The maximum Gasteiger partial charge on any atom is 0.175 e. The van der Waals surface area contributed by atoms with Crippen molar-refractivity contribution in [3.63, 3.8) is 0 Å². The van der Waals surface area contributed by atoms with E-state index in [1.54, 1.807) is 12.3 Å². The minimum atomic E-state index is 0.220. The highest BCUT2D eigenvalue weighted by Gasteiger charge is 2.12. The van der Waals surface area contributed by atoms with E-state index in [2.05, 4.69) is 46.2 Å². The molecule has 0 amide bonds. The average Bonchev–Trinajstić information content (AvgIpc) is 2.76. The summed E-state index contributed by atoms with van der Waals surface area (Å²) in [6.07, 6.45) is 1.60. The molecule has 0 spiro atoms. The Hall–Kier alpha value is -3.30. The molecule has 0 saturated carbocycles. The van der Waals surface area contributed by atoms with Gasteiger partial charge >= 0.3 is 0 Å². The molecule has 3 aromatic carbocycles. The summed E-state index contributed by atoms with van der Waals surface area (Å²) in [5, 5.41) is 13.2. The minimum absolute atomic E-state index is 0.220. The highest BCUT2D eigenvalue weighted by molar-refractivity contribution is 9.10. The summed E-state index contributed by atoms with van der Waals surface area (Å²) in [5.74, 6) is 1.27. The van der Waals surface area contributed by atoms with Crippen molar-refractivity contribution in [1.82, 2.24) is 0 Å². The summed E-state index contributed by atoms with van der Waals surface area (Å²) in [6.45, 7) is 5.15. The molecule has 0 atom stereocenters. The third kappa shape index (κ3) is 6.34. The molecule has 3 rings (SSSR count). The van der Waals surface area contributed by atoms with Crippen molar-refractivity contribution in [2.24, 2.45) is 5.16 Å². The fourth-order valence-corrected chi connectivity index (χ4v) is 3.56. The zero-order valence-corrected chi connectivity index (χ0v) is 19.1. The number of halogens is 1. The van der Waals surface area contributed by atoms with Crippen LogP contribution in [0, 0.1) is 18.3 Å². The van der Waals surface area contributed by atoms with Gasteiger partial charge in [0.25, 0.3) is 0 Å². The molecule has 0 fully saturated rings. The van der Waals surface area contributed by atoms with E-state index in [0.29, 0.717) is 30.3 Å². The Morgan fingerprint density at radius 2 is 1.87 bits per heavy atom. The van der Waals surface area contributed by atoms with Gasteiger partial charge in [-0.25, -0.2) is 0 Å². The van der Waals surface area contributed by atoms with Crippen LogP contribution in [0.4, 0.5) is 0 Å². The van der Waals surface area contributed by atoms with Gasteiger partial charge in [0.05, 0.1) is 28.9 Å². The molecule has 0 aliphatic heterocycles. The lowest BCUT2D eigenvalue weighted by Crippen LogP contribution is -2.02. The van der Waals surface area contributed by atoms with Crippen LogP contribution in [0.15, 0.2) is 70.3 Å². The smallest absolute Gasteiger partial charge is 0.175 e. The summed E-state index contributed by atoms with van der Waals surface area (Å²) >= 11 is 3.58. The summed E-state index contributed by atoms with van der Waals surface area (Å²) in [7, 11) is 0. The van der Waals surface area contributed by atoms with Crippen LogP contribution < -0.4 is 9.47 Å². The van der Waals surface area contributed by atoms with E-state index in [9.17, 15) is 0 Å². The Morgan fingerprint density at radius 1 is 1.03 bits per heavy atom. The number of benzene rings is 3. The first-order valence-corrected chi connectivity index (χ1v) is 10.7. The molecule has 31 heavy (non-hydrogen) atoms. The maximum atomic E-state index is 9.15. The van der Waals surface area contributed by atoms with Gasteiger partial charge in [-0.15, -0.1) is 0 Å². The Labute approximate surface area is 191 Å². The van der Waals surface area contributed by atoms with Crippen LogP contribution in [-0.2, 0) is 18.1 Å². The second-order valence-electron chi connectivity index (χ2n) is 6.82. The van der Waals surface area contributed by atoms with Crippen LogP contribution in [-0.4, -0.2) is 12.8 Å². The largest absolute Gasteiger partial charge is 0.490 e. The number of hydrogen-bond donors (Lipinski definition) is 0. The quantitative estimate of drug-likeness (QED) is 0.273. The maximum absolute atomic E-state index is 9.15. The van der Waals surface area contributed by atoms with Gasteiger partial charge in [-0.2, -0.15) is 5.26 Å². The van der Waals surface area contributed by atoms with E-state index in [4.69, 9.17) is 19.6 Å². The van der Waals surface area contributed by atoms with E-state index in [-0.39, 0.29) is 6.61 Å². The average molecular weight is 479 g/mol. The molecule has 0 heterocycles. The molecule has 0 N–H and O–H groups in total. The van der Waals surface area contributed by atoms with E-state index in [1.807, 2.05) is 49.4 Å². The lowest BCUT2D eigenvalue weighted by atomic mass is 10.1. The second-order valence-corrected chi connectivity index (χ2v) is 7.67. The normalized spacial score (nSPS) is 10.6. The lowest BCUT2D eigenvalue weighted by Gasteiger charge is -2.15. The van der Waals surface area contributed by atoms with Gasteiger partial charge in [-0.05, 0) is 53.5 Å². The molecule has 6 heteroatoms. The first-order valence-electron chi connectivity index (χ1n) is 9.88. The Kier molecular flexibility index (Phi) is 8.08. The molecule has 158 valence electrons. The van der Waals surface area contributed by atoms with Crippen molar-refractivity contribution in [3.8, 4) is 17.6 Å². The highest BCUT2D eigenvalue weighted by atomic mass is 79.9. The van der Waals surface area contributed by atoms with Crippen molar-refractivity contribution in [2.75, 3.05) is 6.61 Å². The predicted molar refractivity (Wildman–Crippen MR) is 124 cm³/mol. The molecule has 0 radical (unpaired) electrons. The summed E-state index contributed by atoms with van der Waals surface area (Å²) < 4.78 is 12.6. The predicted octanol–water partition coefficient (Wildman–Crippen LogP) is 6.16. The van der Waals surface area contributed by atoms with Crippen LogP contribution in [0.25, 0.3) is 0 Å². The number of hydrogen-bond acceptors (Lipinski definition) is 5. The summed E-state index contributed by atoms with van der Waals surface area (Å²) in [5.41, 5.74) is 4.44. The van der Waals surface area contributed by atoms with Crippen molar-refractivity contribution in [1.29, 1.82) is 5.26 Å². The SMILES string of the molecule is CCOc1cc(/C=N\OCc2ccccc2C#N)cc(Br)c1OCc1cccc(C)c1. The minimum Gasteiger partial charge on any atom is -0.490 e. The standard InChI is InChI=1S/C25H23BrN2O3/c1-3-29-24-13-20(15-28-31-17-22-10-5-4-9-21(22)14-27)12-23(26)25(24)30-16-19-8-6-7-18(2)11-19/h4-13,15H,3,16-17H2,1-2H3/b28-15-. The van der Waals surface area contributed by atoms with Gasteiger partial charge in [0, 0.05) is 11.1 Å². The molecule has 5 nitrogen and oxygen atoms in total. The summed E-state index contributed by atoms with van der Waals surface area (Å²) in [6, 6.07) is 21.4. The zero-order valence-electron chi connectivity index (χ0n) is 17.5. The molecule has 0 bridgehead atoms. The van der Waals surface area contributed by atoms with Crippen LogP contribution in [0.1, 0.15) is 34.7 Å². The molecule has 0 aliphatic rings. The van der Waals surface area contributed by atoms with E-state index >= 15 is 0 Å². The third-order valence-corrected chi connectivity index (χ3v) is 5.02. The van der Waals surface area contributed by atoms with Gasteiger partial charge in [0.1, 0.15) is 13.2 Å². The van der Waals surface area contributed by atoms with E-state index in [0.717, 1.165) is 21.2 Å². The van der Waals surface area contributed by atoms with Gasteiger partial charge in [0.2, 0.25) is 0 Å². The van der Waals surface area contributed by atoms with E-state index in [1.165, 1.54) is 5.56 Å². The lowest BCUT2D eigenvalue weighted by molar-refractivity contribution is 0.132. The third-order valence-electron chi connectivity index (χ3n) is 4.43. The number of nitrogens with zero attached hydrogens (tertiary/aromatic N) is 2. The van der Waals surface area contributed by atoms with Crippen molar-refractivity contribution in [2.45, 2.75) is 27.1 Å². The molecule has 0 aliphatic carbocycles. The first-order chi connectivity index (χ1) is 15.1. The molecular formula is C25H23BrN2O3. The topological polar surface area (TPSA) is 63.8 Å². The molecule has 0 saturated heterocycles. The Bertz CT molecular complexity index is 1110. The van der Waals surface area contributed by atoms with Gasteiger partial charge in [0.15, 0.2) is 11.5 Å². The fraction of sp³-hybridized carbons (Fsp3) is 0.200. The molecule has 0 unspecified atom stereocenters. The molecule has 0 aromatic heterocycles. The van der Waals surface area contributed by atoms with Crippen LogP contribution in [0.5, 0.6) is 11.5 Å². The van der Waals surface area contributed by atoms with Crippen molar-refractivity contribution in [3.05, 3.63) is 93.0 Å². The fourth-order valence-electron chi connectivity index (χ4n) is 2.98. The first kappa shape index (κ1) is 22.4. The molecular weight excluding hydrogens is 456 g/mol. The molecule has 3 aromatic rings.